The van der Waals surface area contributed by atoms with E-state index in [2.05, 4.69) is 64.2 Å². The van der Waals surface area contributed by atoms with Crippen LogP contribution < -0.4 is 0 Å². The molecule has 0 amide bonds. The molecule has 17 heavy (non-hydrogen) atoms. The van der Waals surface area contributed by atoms with Crippen LogP contribution in [0.1, 0.15) is 47.5 Å². The van der Waals surface area contributed by atoms with Crippen molar-refractivity contribution in [3.05, 3.63) is 23.8 Å². The highest BCUT2D eigenvalue weighted by atomic mass is 15.2. The van der Waals surface area contributed by atoms with E-state index < -0.39 is 0 Å². The van der Waals surface area contributed by atoms with Crippen molar-refractivity contribution in [2.45, 2.75) is 47.5 Å². The standard InChI is InChI=1S/C15H26N2/c1-8-9-13(6)10-14(11(2)3)15(12(4)5)17-16-7/h10-12H,6-9H2,1-5H3/b14-10-,17-15-. The smallest absolute Gasteiger partial charge is 0.0690 e. The van der Waals surface area contributed by atoms with Crippen LogP contribution in [-0.4, -0.2) is 12.4 Å². The maximum atomic E-state index is 4.18. The van der Waals surface area contributed by atoms with Crippen LogP contribution in [0, 0.1) is 11.8 Å². The number of allylic oxidation sites excluding steroid dienone is 3. The van der Waals surface area contributed by atoms with Crippen molar-refractivity contribution in [2.24, 2.45) is 22.0 Å². The van der Waals surface area contributed by atoms with Crippen molar-refractivity contribution in [2.75, 3.05) is 0 Å². The maximum absolute atomic E-state index is 4.18. The first-order valence-corrected chi connectivity index (χ1v) is 6.37. The number of nitrogens with zero attached hydrogens (tertiary/aromatic N) is 2. The molecule has 0 fully saturated rings. The van der Waals surface area contributed by atoms with E-state index in [1.54, 1.807) is 0 Å². The molecular formula is C15H26N2. The normalized spacial score (nSPS) is 13.4. The second-order valence-corrected chi connectivity index (χ2v) is 4.94. The molecule has 96 valence electrons. The Balaban J connectivity index is 5.27. The van der Waals surface area contributed by atoms with E-state index in [-0.39, 0.29) is 0 Å². The molecule has 2 nitrogen and oxygen atoms in total. The van der Waals surface area contributed by atoms with Gasteiger partial charge < -0.3 is 0 Å². The van der Waals surface area contributed by atoms with Crippen LogP contribution in [0.5, 0.6) is 0 Å². The summed E-state index contributed by atoms with van der Waals surface area (Å²) in [5, 5.41) is 7.86. The van der Waals surface area contributed by atoms with E-state index >= 15 is 0 Å². The van der Waals surface area contributed by atoms with Crippen LogP contribution in [0.2, 0.25) is 0 Å². The monoisotopic (exact) mass is 234 g/mol. The topological polar surface area (TPSA) is 24.7 Å². The van der Waals surface area contributed by atoms with Gasteiger partial charge in [0.25, 0.3) is 0 Å². The molecule has 0 aliphatic carbocycles. The molecule has 0 aromatic heterocycles. The van der Waals surface area contributed by atoms with Gasteiger partial charge in [0.2, 0.25) is 0 Å². The fourth-order valence-electron chi connectivity index (χ4n) is 1.73. The summed E-state index contributed by atoms with van der Waals surface area (Å²) in [6.45, 7) is 18.3. The Kier molecular flexibility index (Phi) is 7.44. The molecule has 2 heteroatoms. The van der Waals surface area contributed by atoms with Gasteiger partial charge in [0.15, 0.2) is 0 Å². The average molecular weight is 234 g/mol. The van der Waals surface area contributed by atoms with Gasteiger partial charge in [0, 0.05) is 6.72 Å². The van der Waals surface area contributed by atoms with Gasteiger partial charge in [-0.3, -0.25) is 0 Å². The lowest BCUT2D eigenvalue weighted by Crippen LogP contribution is -2.15. The molecule has 0 saturated heterocycles. The molecule has 0 heterocycles. The van der Waals surface area contributed by atoms with Crippen molar-refractivity contribution in [1.82, 2.24) is 0 Å². The predicted octanol–water partition coefficient (Wildman–Crippen LogP) is 4.64. The number of hydrogen-bond donors (Lipinski definition) is 0. The molecule has 0 rings (SSSR count). The molecule has 0 aliphatic heterocycles. The third-order valence-corrected chi connectivity index (χ3v) is 2.57. The van der Waals surface area contributed by atoms with Crippen molar-refractivity contribution in [3.8, 4) is 0 Å². The maximum Gasteiger partial charge on any atom is 0.0690 e. The van der Waals surface area contributed by atoms with Gasteiger partial charge in [-0.15, -0.1) is 0 Å². The van der Waals surface area contributed by atoms with Gasteiger partial charge >= 0.3 is 0 Å². The Morgan fingerprint density at radius 3 is 2.12 bits per heavy atom. The largest absolute Gasteiger partial charge is 0.167 e. The summed E-state index contributed by atoms with van der Waals surface area (Å²) in [5.74, 6) is 0.773. The fraction of sp³-hybridized carbons (Fsp3) is 0.600. The molecule has 0 bridgehead atoms. The molecule has 0 aromatic rings. The van der Waals surface area contributed by atoms with E-state index in [0.29, 0.717) is 11.8 Å². The van der Waals surface area contributed by atoms with Gasteiger partial charge in [-0.1, -0.05) is 59.3 Å². The molecule has 0 atom stereocenters. The Labute approximate surface area is 106 Å². The summed E-state index contributed by atoms with van der Waals surface area (Å²) < 4.78 is 0. The first kappa shape index (κ1) is 15.8. The minimum Gasteiger partial charge on any atom is -0.167 e. The summed E-state index contributed by atoms with van der Waals surface area (Å²) in [4.78, 5) is 0. The average Bonchev–Trinajstić information content (AvgIpc) is 2.22. The second-order valence-electron chi connectivity index (χ2n) is 4.94. The zero-order chi connectivity index (χ0) is 13.4. The minimum absolute atomic E-state index is 0.351. The predicted molar refractivity (Wildman–Crippen MR) is 78.8 cm³/mol. The molecule has 0 spiro atoms. The molecule has 0 unspecified atom stereocenters. The van der Waals surface area contributed by atoms with Crippen molar-refractivity contribution < 1.29 is 0 Å². The summed E-state index contributed by atoms with van der Waals surface area (Å²) in [6, 6.07) is 0. The number of rotatable bonds is 7. The lowest BCUT2D eigenvalue weighted by molar-refractivity contribution is 0.768. The van der Waals surface area contributed by atoms with Crippen LogP contribution in [-0.2, 0) is 0 Å². The molecule has 0 radical (unpaired) electrons. The highest BCUT2D eigenvalue weighted by molar-refractivity contribution is 6.02. The van der Waals surface area contributed by atoms with E-state index in [4.69, 9.17) is 0 Å². The van der Waals surface area contributed by atoms with E-state index in [1.165, 1.54) is 5.57 Å². The van der Waals surface area contributed by atoms with Crippen molar-refractivity contribution >= 4 is 12.4 Å². The highest BCUT2D eigenvalue weighted by Gasteiger charge is 2.15. The highest BCUT2D eigenvalue weighted by Crippen LogP contribution is 2.20. The van der Waals surface area contributed by atoms with E-state index in [1.807, 2.05) is 0 Å². The second kappa shape index (κ2) is 7.99. The van der Waals surface area contributed by atoms with Crippen LogP contribution in [0.15, 0.2) is 34.0 Å². The molecule has 0 saturated carbocycles. The Bertz CT molecular complexity index is 320. The fourth-order valence-corrected chi connectivity index (χ4v) is 1.73. The van der Waals surface area contributed by atoms with Gasteiger partial charge in [-0.05, 0) is 23.8 Å². The molecule has 0 N–H and O–H groups in total. The Morgan fingerprint density at radius 2 is 1.76 bits per heavy atom. The molecule has 0 aliphatic rings. The van der Waals surface area contributed by atoms with Crippen LogP contribution >= 0.6 is 0 Å². The third-order valence-electron chi connectivity index (χ3n) is 2.57. The first-order valence-electron chi connectivity index (χ1n) is 6.37. The van der Waals surface area contributed by atoms with Crippen LogP contribution in [0.4, 0.5) is 0 Å². The van der Waals surface area contributed by atoms with Crippen LogP contribution in [0.25, 0.3) is 0 Å². The Hall–Kier alpha value is -1.18. The van der Waals surface area contributed by atoms with Crippen LogP contribution in [0.3, 0.4) is 0 Å². The van der Waals surface area contributed by atoms with Gasteiger partial charge in [0.1, 0.15) is 0 Å². The summed E-state index contributed by atoms with van der Waals surface area (Å²) in [6.07, 6.45) is 4.32. The minimum atomic E-state index is 0.351. The Morgan fingerprint density at radius 1 is 1.18 bits per heavy atom. The first-order chi connectivity index (χ1) is 7.93. The molecule has 0 aromatic carbocycles. The number of hydrogen-bond acceptors (Lipinski definition) is 2. The van der Waals surface area contributed by atoms with E-state index in [0.717, 1.165) is 24.1 Å². The van der Waals surface area contributed by atoms with E-state index in [9.17, 15) is 0 Å². The summed E-state index contributed by atoms with van der Waals surface area (Å²) in [7, 11) is 0. The lowest BCUT2D eigenvalue weighted by Gasteiger charge is -2.17. The van der Waals surface area contributed by atoms with Gasteiger partial charge in [-0.2, -0.15) is 10.2 Å². The van der Waals surface area contributed by atoms with Crippen molar-refractivity contribution in [3.63, 3.8) is 0 Å². The summed E-state index contributed by atoms with van der Waals surface area (Å²) in [5.41, 5.74) is 3.41. The lowest BCUT2D eigenvalue weighted by atomic mass is 9.89. The molecular weight excluding hydrogens is 208 g/mol. The summed E-state index contributed by atoms with van der Waals surface area (Å²) >= 11 is 0. The van der Waals surface area contributed by atoms with Gasteiger partial charge in [-0.25, -0.2) is 0 Å². The van der Waals surface area contributed by atoms with Crippen molar-refractivity contribution in [1.29, 1.82) is 0 Å². The quantitative estimate of drug-likeness (QED) is 0.348. The zero-order valence-electron chi connectivity index (χ0n) is 12.0. The zero-order valence-corrected chi connectivity index (χ0v) is 12.0. The third kappa shape index (κ3) is 5.62. The SMILES string of the molecule is C=N/N=C(\C(=C/C(=C)CCC)C(C)C)C(C)C. The van der Waals surface area contributed by atoms with Gasteiger partial charge in [0.05, 0.1) is 5.71 Å².